The molecule has 0 saturated carbocycles. The summed E-state index contributed by atoms with van der Waals surface area (Å²) in [5, 5.41) is 14.8. The van der Waals surface area contributed by atoms with Crippen LogP contribution in [0.5, 0.6) is 5.75 Å². The lowest BCUT2D eigenvalue weighted by Crippen LogP contribution is -2.16. The molecule has 0 aliphatic heterocycles. The average molecular weight is 440 g/mol. The quantitative estimate of drug-likeness (QED) is 0.516. The van der Waals surface area contributed by atoms with Crippen LogP contribution in [0.1, 0.15) is 19.4 Å². The summed E-state index contributed by atoms with van der Waals surface area (Å²) in [6.07, 6.45) is 0. The molecule has 1 aromatic heterocycles. The number of carbonyl (C=O) groups excluding carboxylic acids is 2. The van der Waals surface area contributed by atoms with Gasteiger partial charge in [-0.05, 0) is 38.1 Å². The molecule has 162 valence electrons. The van der Waals surface area contributed by atoms with Crippen LogP contribution in [-0.2, 0) is 16.1 Å². The molecule has 1 heterocycles. The second kappa shape index (κ2) is 10.1. The Bertz CT molecular complexity index is 1100. The SMILES string of the molecule is CCn1c(SCC(=O)Nc2cc(NC(C)=O)ccc2OC)nnc1-c1cccc(C)c1. The zero-order valence-corrected chi connectivity index (χ0v) is 18.7. The summed E-state index contributed by atoms with van der Waals surface area (Å²) >= 11 is 1.31. The highest BCUT2D eigenvalue weighted by molar-refractivity contribution is 7.99. The van der Waals surface area contributed by atoms with E-state index >= 15 is 0 Å². The van der Waals surface area contributed by atoms with Crippen molar-refractivity contribution in [1.82, 2.24) is 14.8 Å². The number of amides is 2. The second-order valence-corrected chi connectivity index (χ2v) is 7.80. The predicted molar refractivity (Wildman–Crippen MR) is 123 cm³/mol. The summed E-state index contributed by atoms with van der Waals surface area (Å²) in [4.78, 5) is 23.9. The maximum absolute atomic E-state index is 12.6. The van der Waals surface area contributed by atoms with Gasteiger partial charge in [0.2, 0.25) is 11.8 Å². The van der Waals surface area contributed by atoms with E-state index in [-0.39, 0.29) is 17.6 Å². The van der Waals surface area contributed by atoms with Crippen LogP contribution >= 0.6 is 11.8 Å². The zero-order chi connectivity index (χ0) is 22.4. The Morgan fingerprint density at radius 1 is 1.13 bits per heavy atom. The highest BCUT2D eigenvalue weighted by Crippen LogP contribution is 2.29. The van der Waals surface area contributed by atoms with Crippen molar-refractivity contribution >= 4 is 35.0 Å². The molecule has 0 unspecified atom stereocenters. The van der Waals surface area contributed by atoms with E-state index < -0.39 is 0 Å². The van der Waals surface area contributed by atoms with Gasteiger partial charge in [-0.25, -0.2) is 0 Å². The molecule has 0 spiro atoms. The van der Waals surface area contributed by atoms with Gasteiger partial charge in [-0.3, -0.25) is 9.59 Å². The molecule has 8 nitrogen and oxygen atoms in total. The number of benzene rings is 2. The molecule has 0 bridgehead atoms. The van der Waals surface area contributed by atoms with Gasteiger partial charge in [-0.1, -0.05) is 35.5 Å². The Balaban J connectivity index is 1.71. The first-order valence-electron chi connectivity index (χ1n) is 9.79. The van der Waals surface area contributed by atoms with Crippen molar-refractivity contribution in [1.29, 1.82) is 0 Å². The molecular weight excluding hydrogens is 414 g/mol. The fourth-order valence-corrected chi connectivity index (χ4v) is 3.88. The minimum absolute atomic E-state index is 0.152. The highest BCUT2D eigenvalue weighted by Gasteiger charge is 2.16. The Hall–Kier alpha value is -3.33. The summed E-state index contributed by atoms with van der Waals surface area (Å²) in [6, 6.07) is 13.1. The van der Waals surface area contributed by atoms with E-state index in [0.717, 1.165) is 17.0 Å². The number of hydrogen-bond donors (Lipinski definition) is 2. The Morgan fingerprint density at radius 2 is 1.94 bits per heavy atom. The van der Waals surface area contributed by atoms with Gasteiger partial charge in [0, 0.05) is 24.7 Å². The highest BCUT2D eigenvalue weighted by atomic mass is 32.2. The zero-order valence-electron chi connectivity index (χ0n) is 17.9. The van der Waals surface area contributed by atoms with Crippen molar-refractivity contribution in [2.45, 2.75) is 32.5 Å². The Labute approximate surface area is 185 Å². The molecule has 0 saturated heterocycles. The lowest BCUT2D eigenvalue weighted by atomic mass is 10.1. The molecule has 0 fully saturated rings. The average Bonchev–Trinajstić information content (AvgIpc) is 3.15. The summed E-state index contributed by atoms with van der Waals surface area (Å²) in [6.45, 7) is 6.16. The van der Waals surface area contributed by atoms with Gasteiger partial charge in [0.1, 0.15) is 5.75 Å². The number of nitrogens with zero attached hydrogens (tertiary/aromatic N) is 3. The van der Waals surface area contributed by atoms with Crippen LogP contribution in [-0.4, -0.2) is 39.4 Å². The Morgan fingerprint density at radius 3 is 2.61 bits per heavy atom. The van der Waals surface area contributed by atoms with Gasteiger partial charge >= 0.3 is 0 Å². The molecular formula is C22H25N5O3S. The van der Waals surface area contributed by atoms with E-state index in [1.807, 2.05) is 36.6 Å². The smallest absolute Gasteiger partial charge is 0.234 e. The third-order valence-corrected chi connectivity index (χ3v) is 5.40. The largest absolute Gasteiger partial charge is 0.495 e. The molecule has 31 heavy (non-hydrogen) atoms. The summed E-state index contributed by atoms with van der Waals surface area (Å²) in [5.41, 5.74) is 3.19. The number of hydrogen-bond acceptors (Lipinski definition) is 6. The van der Waals surface area contributed by atoms with Crippen molar-refractivity contribution in [3.05, 3.63) is 48.0 Å². The van der Waals surface area contributed by atoms with Crippen LogP contribution in [0.3, 0.4) is 0 Å². The number of carbonyl (C=O) groups is 2. The molecule has 9 heteroatoms. The molecule has 0 radical (unpaired) electrons. The van der Waals surface area contributed by atoms with Crippen LogP contribution < -0.4 is 15.4 Å². The molecule has 0 aliphatic rings. The fourth-order valence-electron chi connectivity index (χ4n) is 3.08. The molecule has 3 aromatic rings. The number of rotatable bonds is 8. The first-order valence-corrected chi connectivity index (χ1v) is 10.8. The van der Waals surface area contributed by atoms with E-state index in [1.165, 1.54) is 25.8 Å². The van der Waals surface area contributed by atoms with Crippen LogP contribution in [0, 0.1) is 6.92 Å². The van der Waals surface area contributed by atoms with Crippen molar-refractivity contribution in [2.24, 2.45) is 0 Å². The van der Waals surface area contributed by atoms with Gasteiger partial charge in [0.25, 0.3) is 0 Å². The molecule has 2 N–H and O–H groups in total. The van der Waals surface area contributed by atoms with Crippen molar-refractivity contribution in [3.8, 4) is 17.1 Å². The van der Waals surface area contributed by atoms with Gasteiger partial charge in [-0.2, -0.15) is 0 Å². The van der Waals surface area contributed by atoms with Crippen molar-refractivity contribution in [2.75, 3.05) is 23.5 Å². The predicted octanol–water partition coefficient (Wildman–Crippen LogP) is 3.97. The molecule has 3 rings (SSSR count). The minimum atomic E-state index is -0.217. The number of anilines is 2. The lowest BCUT2D eigenvalue weighted by molar-refractivity contribution is -0.114. The van der Waals surface area contributed by atoms with Gasteiger partial charge in [0.15, 0.2) is 11.0 Å². The summed E-state index contributed by atoms with van der Waals surface area (Å²) in [7, 11) is 1.52. The monoisotopic (exact) mass is 439 g/mol. The molecule has 0 atom stereocenters. The number of thioether (sulfide) groups is 1. The topological polar surface area (TPSA) is 98.1 Å². The standard InChI is InChI=1S/C22H25N5O3S/c1-5-27-21(16-8-6-7-14(2)11-16)25-26-22(27)31-13-20(29)24-18-12-17(23-15(3)28)9-10-19(18)30-4/h6-12H,5,13H2,1-4H3,(H,23,28)(H,24,29). The van der Waals surface area contributed by atoms with Crippen LogP contribution in [0.4, 0.5) is 11.4 Å². The Kier molecular flexibility index (Phi) is 7.30. The number of aromatic nitrogens is 3. The van der Waals surface area contributed by atoms with Crippen molar-refractivity contribution in [3.63, 3.8) is 0 Å². The number of methoxy groups -OCH3 is 1. The maximum atomic E-state index is 12.6. The van der Waals surface area contributed by atoms with Crippen LogP contribution in [0.2, 0.25) is 0 Å². The fraction of sp³-hybridized carbons (Fsp3) is 0.273. The first kappa shape index (κ1) is 22.4. The van der Waals surface area contributed by atoms with Gasteiger partial charge < -0.3 is 19.9 Å². The maximum Gasteiger partial charge on any atom is 0.234 e. The summed E-state index contributed by atoms with van der Waals surface area (Å²) < 4.78 is 7.30. The lowest BCUT2D eigenvalue weighted by Gasteiger charge is -2.12. The summed E-state index contributed by atoms with van der Waals surface area (Å²) in [5.74, 6) is 1.02. The van der Waals surface area contributed by atoms with E-state index in [1.54, 1.807) is 18.2 Å². The van der Waals surface area contributed by atoms with Crippen LogP contribution in [0.25, 0.3) is 11.4 Å². The van der Waals surface area contributed by atoms with Crippen molar-refractivity contribution < 1.29 is 14.3 Å². The number of aryl methyl sites for hydroxylation is 1. The van der Waals surface area contributed by atoms with Gasteiger partial charge in [0.05, 0.1) is 18.6 Å². The van der Waals surface area contributed by atoms with Crippen LogP contribution in [0.15, 0.2) is 47.6 Å². The minimum Gasteiger partial charge on any atom is -0.495 e. The third-order valence-electron chi connectivity index (χ3n) is 4.44. The normalized spacial score (nSPS) is 10.6. The molecule has 0 aliphatic carbocycles. The van der Waals surface area contributed by atoms with Gasteiger partial charge in [-0.15, -0.1) is 10.2 Å². The third kappa shape index (κ3) is 5.64. The van der Waals surface area contributed by atoms with E-state index in [4.69, 9.17) is 4.74 Å². The number of ether oxygens (including phenoxy) is 1. The molecule has 2 aromatic carbocycles. The van der Waals surface area contributed by atoms with E-state index in [9.17, 15) is 9.59 Å². The van der Waals surface area contributed by atoms with E-state index in [0.29, 0.717) is 28.8 Å². The first-order chi connectivity index (χ1) is 14.9. The van der Waals surface area contributed by atoms with E-state index in [2.05, 4.69) is 26.9 Å². The second-order valence-electron chi connectivity index (χ2n) is 6.85. The number of nitrogens with one attached hydrogen (secondary N) is 2. The molecule has 2 amide bonds.